The van der Waals surface area contributed by atoms with Crippen LogP contribution < -0.4 is 14.2 Å². The summed E-state index contributed by atoms with van der Waals surface area (Å²) in [5, 5.41) is 9.67. The molecule has 0 saturated heterocycles. The molecule has 0 unspecified atom stereocenters. The fraction of sp³-hybridized carbons (Fsp3) is 0.774. The van der Waals surface area contributed by atoms with E-state index in [0.717, 1.165) is 38.5 Å². The largest absolute Gasteiger partial charge is 0.490 e. The average molecular weight is 507 g/mol. The van der Waals surface area contributed by atoms with Crippen LogP contribution in [0.15, 0.2) is 12.1 Å². The highest BCUT2D eigenvalue weighted by molar-refractivity contribution is 5.89. The number of carboxylic acid groups (broad SMARTS) is 1. The van der Waals surface area contributed by atoms with Crippen molar-refractivity contribution in [2.45, 2.75) is 136 Å². The van der Waals surface area contributed by atoms with E-state index in [1.165, 1.54) is 77.0 Å². The number of carboxylic acids is 1. The van der Waals surface area contributed by atoms with E-state index >= 15 is 0 Å². The molecule has 5 nitrogen and oxygen atoms in total. The van der Waals surface area contributed by atoms with Gasteiger partial charge in [-0.25, -0.2) is 4.79 Å². The molecule has 0 radical (unpaired) electrons. The molecule has 36 heavy (non-hydrogen) atoms. The molecular weight excluding hydrogens is 452 g/mol. The lowest BCUT2D eigenvalue weighted by Gasteiger charge is -2.18. The third-order valence-electron chi connectivity index (χ3n) is 6.52. The van der Waals surface area contributed by atoms with Gasteiger partial charge in [0.25, 0.3) is 0 Å². The molecule has 0 aliphatic rings. The van der Waals surface area contributed by atoms with Gasteiger partial charge >= 0.3 is 5.97 Å². The van der Waals surface area contributed by atoms with Gasteiger partial charge in [0.15, 0.2) is 11.5 Å². The second-order valence-electron chi connectivity index (χ2n) is 9.96. The SMILES string of the molecule is CCCCCCCCOc1cc(C(=O)O)cc(OCCCCCCCC)c1OCCCCCCCC. The van der Waals surface area contributed by atoms with Crippen molar-refractivity contribution >= 4 is 5.97 Å². The van der Waals surface area contributed by atoms with Crippen LogP contribution in [0.25, 0.3) is 0 Å². The van der Waals surface area contributed by atoms with Crippen LogP contribution in [0.3, 0.4) is 0 Å². The zero-order chi connectivity index (χ0) is 26.3. The van der Waals surface area contributed by atoms with Crippen LogP contribution in [0, 0.1) is 0 Å². The number of hydrogen-bond acceptors (Lipinski definition) is 4. The van der Waals surface area contributed by atoms with Gasteiger partial charge in [-0.3, -0.25) is 0 Å². The maximum Gasteiger partial charge on any atom is 0.335 e. The number of rotatable bonds is 25. The van der Waals surface area contributed by atoms with Crippen LogP contribution in [0.1, 0.15) is 147 Å². The molecule has 1 N–H and O–H groups in total. The molecule has 5 heteroatoms. The van der Waals surface area contributed by atoms with Crippen molar-refractivity contribution in [1.82, 2.24) is 0 Å². The van der Waals surface area contributed by atoms with E-state index in [4.69, 9.17) is 14.2 Å². The van der Waals surface area contributed by atoms with Crippen molar-refractivity contribution < 1.29 is 24.1 Å². The first-order valence-electron chi connectivity index (χ1n) is 14.9. The van der Waals surface area contributed by atoms with Crippen LogP contribution in [0.5, 0.6) is 17.2 Å². The molecule has 0 saturated carbocycles. The summed E-state index contributed by atoms with van der Waals surface area (Å²) in [6.07, 6.45) is 21.2. The molecule has 0 heterocycles. The normalized spacial score (nSPS) is 11.0. The molecule has 1 aromatic rings. The fourth-order valence-electron chi connectivity index (χ4n) is 4.24. The van der Waals surface area contributed by atoms with Gasteiger partial charge in [0.1, 0.15) is 0 Å². The van der Waals surface area contributed by atoms with Gasteiger partial charge in [0.2, 0.25) is 5.75 Å². The molecular formula is C31H54O5. The zero-order valence-electron chi connectivity index (χ0n) is 23.6. The summed E-state index contributed by atoms with van der Waals surface area (Å²) in [6, 6.07) is 3.18. The number of unbranched alkanes of at least 4 members (excludes halogenated alkanes) is 15. The summed E-state index contributed by atoms with van der Waals surface area (Å²) >= 11 is 0. The molecule has 208 valence electrons. The second kappa shape index (κ2) is 22.3. The highest BCUT2D eigenvalue weighted by Crippen LogP contribution is 2.39. The number of carbonyl (C=O) groups is 1. The summed E-state index contributed by atoms with van der Waals surface area (Å²) in [5.74, 6) is 0.566. The van der Waals surface area contributed by atoms with Gasteiger partial charge in [-0.05, 0) is 31.4 Å². The first kappa shape index (κ1) is 32.1. The molecule has 0 fully saturated rings. The minimum Gasteiger partial charge on any atom is -0.490 e. The Labute approximate surface area is 221 Å². The van der Waals surface area contributed by atoms with Gasteiger partial charge in [-0.1, -0.05) is 117 Å². The smallest absolute Gasteiger partial charge is 0.335 e. The molecule has 0 atom stereocenters. The molecule has 0 aliphatic carbocycles. The number of benzene rings is 1. The highest BCUT2D eigenvalue weighted by atomic mass is 16.5. The summed E-state index contributed by atoms with van der Waals surface area (Å²) in [6.45, 7) is 8.36. The minimum atomic E-state index is -0.980. The topological polar surface area (TPSA) is 65.0 Å². The Hall–Kier alpha value is -1.91. The monoisotopic (exact) mass is 506 g/mol. The Kier molecular flexibility index (Phi) is 19.9. The van der Waals surface area contributed by atoms with Crippen molar-refractivity contribution in [3.8, 4) is 17.2 Å². The molecule has 0 aliphatic heterocycles. The molecule has 1 aromatic carbocycles. The molecule has 0 aromatic heterocycles. The Balaban J connectivity index is 2.78. The van der Waals surface area contributed by atoms with Crippen LogP contribution in [0.4, 0.5) is 0 Å². The van der Waals surface area contributed by atoms with Crippen molar-refractivity contribution in [1.29, 1.82) is 0 Å². The van der Waals surface area contributed by atoms with Crippen molar-refractivity contribution in [3.05, 3.63) is 17.7 Å². The van der Waals surface area contributed by atoms with E-state index in [0.29, 0.717) is 37.1 Å². The maximum atomic E-state index is 11.8. The van der Waals surface area contributed by atoms with E-state index < -0.39 is 5.97 Å². The zero-order valence-corrected chi connectivity index (χ0v) is 23.6. The quantitative estimate of drug-likeness (QED) is 0.134. The lowest BCUT2D eigenvalue weighted by molar-refractivity contribution is 0.0695. The molecule has 0 bridgehead atoms. The summed E-state index contributed by atoms with van der Waals surface area (Å²) in [4.78, 5) is 11.8. The lowest BCUT2D eigenvalue weighted by atomic mass is 10.1. The van der Waals surface area contributed by atoms with E-state index in [-0.39, 0.29) is 5.56 Å². The molecule has 0 spiro atoms. The lowest BCUT2D eigenvalue weighted by Crippen LogP contribution is -2.08. The number of aromatic carboxylic acids is 1. The van der Waals surface area contributed by atoms with E-state index in [1.807, 2.05) is 0 Å². The van der Waals surface area contributed by atoms with Gasteiger partial charge in [0.05, 0.1) is 25.4 Å². The van der Waals surface area contributed by atoms with E-state index in [9.17, 15) is 9.90 Å². The van der Waals surface area contributed by atoms with E-state index in [1.54, 1.807) is 12.1 Å². The average Bonchev–Trinajstić information content (AvgIpc) is 2.87. The summed E-state index contributed by atoms with van der Waals surface area (Å²) in [7, 11) is 0. The number of ether oxygens (including phenoxy) is 3. The van der Waals surface area contributed by atoms with Crippen LogP contribution in [-0.2, 0) is 0 Å². The third-order valence-corrected chi connectivity index (χ3v) is 6.52. The van der Waals surface area contributed by atoms with E-state index in [2.05, 4.69) is 20.8 Å². The van der Waals surface area contributed by atoms with Crippen LogP contribution in [-0.4, -0.2) is 30.9 Å². The molecule has 1 rings (SSSR count). The van der Waals surface area contributed by atoms with Gasteiger partial charge < -0.3 is 19.3 Å². The van der Waals surface area contributed by atoms with Crippen LogP contribution >= 0.6 is 0 Å². The summed E-state index contributed by atoms with van der Waals surface area (Å²) < 4.78 is 18.4. The molecule has 0 amide bonds. The van der Waals surface area contributed by atoms with Crippen LogP contribution in [0.2, 0.25) is 0 Å². The van der Waals surface area contributed by atoms with Crippen molar-refractivity contribution in [3.63, 3.8) is 0 Å². The summed E-state index contributed by atoms with van der Waals surface area (Å²) in [5.41, 5.74) is 0.179. The highest BCUT2D eigenvalue weighted by Gasteiger charge is 2.18. The minimum absolute atomic E-state index is 0.179. The fourth-order valence-corrected chi connectivity index (χ4v) is 4.24. The van der Waals surface area contributed by atoms with Gasteiger partial charge in [-0.15, -0.1) is 0 Å². The maximum absolute atomic E-state index is 11.8. The first-order valence-corrected chi connectivity index (χ1v) is 14.9. The Bertz CT molecular complexity index is 634. The van der Waals surface area contributed by atoms with Gasteiger partial charge in [0, 0.05) is 0 Å². The predicted octanol–water partition coefficient (Wildman–Crippen LogP) is 9.60. The third kappa shape index (κ3) is 15.3. The second-order valence-corrected chi connectivity index (χ2v) is 9.96. The Morgan fingerprint density at radius 3 is 1.25 bits per heavy atom. The van der Waals surface area contributed by atoms with Crippen molar-refractivity contribution in [2.24, 2.45) is 0 Å². The Morgan fingerprint density at radius 1 is 0.556 bits per heavy atom. The standard InChI is InChI=1S/C31H54O5/c1-4-7-10-13-16-19-22-34-28-25-27(31(32)33)26-29(35-23-20-17-14-11-8-5-2)30(28)36-24-21-18-15-12-9-6-3/h25-26H,4-24H2,1-3H3,(H,32,33). The van der Waals surface area contributed by atoms with Crippen molar-refractivity contribution in [2.75, 3.05) is 19.8 Å². The first-order chi connectivity index (χ1) is 17.6. The predicted molar refractivity (Wildman–Crippen MR) is 150 cm³/mol. The number of hydrogen-bond donors (Lipinski definition) is 1. The van der Waals surface area contributed by atoms with Gasteiger partial charge in [-0.2, -0.15) is 0 Å². The Morgan fingerprint density at radius 2 is 0.889 bits per heavy atom.